The van der Waals surface area contributed by atoms with Crippen LogP contribution in [-0.2, 0) is 4.79 Å². The Hall–Kier alpha value is -4.21. The minimum absolute atomic E-state index is 0.143. The van der Waals surface area contributed by atoms with Crippen LogP contribution < -0.4 is 15.6 Å². The van der Waals surface area contributed by atoms with Crippen molar-refractivity contribution < 1.29 is 14.6 Å². The third-order valence-corrected chi connectivity index (χ3v) is 4.40. The molecule has 152 valence electrons. The molecule has 0 aliphatic rings. The molecule has 4 N–H and O–H groups in total. The maximum atomic E-state index is 12.2. The number of H-pyrrole nitrogens is 2. The van der Waals surface area contributed by atoms with E-state index < -0.39 is 5.97 Å². The van der Waals surface area contributed by atoms with Gasteiger partial charge in [0.2, 0.25) is 0 Å². The van der Waals surface area contributed by atoms with Crippen LogP contribution in [0.2, 0.25) is 0 Å². The summed E-state index contributed by atoms with van der Waals surface area (Å²) in [5.74, 6) is -0.00778. The molecule has 0 unspecified atom stereocenters. The molecule has 0 saturated carbocycles. The van der Waals surface area contributed by atoms with E-state index in [-0.39, 0.29) is 17.6 Å². The quantitative estimate of drug-likeness (QED) is 0.366. The van der Waals surface area contributed by atoms with E-state index in [0.717, 1.165) is 11.1 Å². The third-order valence-electron chi connectivity index (χ3n) is 4.40. The van der Waals surface area contributed by atoms with E-state index in [2.05, 4.69) is 30.7 Å². The average molecular weight is 406 g/mol. The lowest BCUT2D eigenvalue weighted by Crippen LogP contribution is -2.12. The summed E-state index contributed by atoms with van der Waals surface area (Å²) in [6.07, 6.45) is 0. The monoisotopic (exact) mass is 406 g/mol. The van der Waals surface area contributed by atoms with Crippen LogP contribution in [0.5, 0.6) is 5.75 Å². The number of fused-ring (bicyclic) bond motifs is 1. The molecule has 4 rings (SSSR count). The number of aromatic amines is 2. The largest absolute Gasteiger partial charge is 0.493 e. The van der Waals surface area contributed by atoms with Gasteiger partial charge in [0.05, 0.1) is 12.2 Å². The number of carboxylic acids is 1. The first-order chi connectivity index (χ1) is 14.5. The topological polar surface area (TPSA) is 146 Å². The van der Waals surface area contributed by atoms with Crippen molar-refractivity contribution >= 4 is 22.8 Å². The highest BCUT2D eigenvalue weighted by Crippen LogP contribution is 2.33. The highest BCUT2D eigenvalue weighted by Gasteiger charge is 2.14. The van der Waals surface area contributed by atoms with Crippen molar-refractivity contribution in [2.45, 2.75) is 6.92 Å². The van der Waals surface area contributed by atoms with Gasteiger partial charge in [-0.1, -0.05) is 23.4 Å². The van der Waals surface area contributed by atoms with Gasteiger partial charge in [-0.2, -0.15) is 0 Å². The predicted molar refractivity (Wildman–Crippen MR) is 110 cm³/mol. The summed E-state index contributed by atoms with van der Waals surface area (Å²) < 4.78 is 5.79. The van der Waals surface area contributed by atoms with Crippen molar-refractivity contribution in [2.24, 2.45) is 0 Å². The molecule has 0 amide bonds. The van der Waals surface area contributed by atoms with E-state index in [9.17, 15) is 9.59 Å². The molecule has 0 radical (unpaired) electrons. The van der Waals surface area contributed by atoms with Crippen molar-refractivity contribution in [3.63, 3.8) is 0 Å². The lowest BCUT2D eigenvalue weighted by molar-refractivity contribution is -0.134. The molecule has 2 aromatic heterocycles. The Morgan fingerprint density at radius 2 is 1.93 bits per heavy atom. The number of carbonyl (C=O) groups is 1. The van der Waals surface area contributed by atoms with Gasteiger partial charge in [-0.25, -0.2) is 10.1 Å². The number of hydrogen-bond donors (Lipinski definition) is 4. The van der Waals surface area contributed by atoms with Gasteiger partial charge in [0.1, 0.15) is 18.1 Å². The molecular formula is C20H18N6O4. The SMILES string of the molecule is CCOc1cc(-c2ccc(NCC(=O)O)cc2)ccc1-c1nc2[nH]nnc2c(=O)[nH]1. The van der Waals surface area contributed by atoms with Crippen molar-refractivity contribution in [3.05, 3.63) is 52.8 Å². The number of anilines is 1. The summed E-state index contributed by atoms with van der Waals surface area (Å²) in [4.78, 5) is 30.0. The molecule has 10 heteroatoms. The molecule has 0 spiro atoms. The third kappa shape index (κ3) is 3.83. The minimum Gasteiger partial charge on any atom is -0.493 e. The van der Waals surface area contributed by atoms with Gasteiger partial charge >= 0.3 is 5.97 Å². The number of hydrogen-bond acceptors (Lipinski definition) is 7. The summed E-state index contributed by atoms with van der Waals surface area (Å²) in [6, 6.07) is 13.0. The Morgan fingerprint density at radius 1 is 1.17 bits per heavy atom. The number of aliphatic carboxylic acids is 1. The minimum atomic E-state index is -0.924. The van der Waals surface area contributed by atoms with E-state index in [1.54, 1.807) is 0 Å². The Labute approximate surface area is 169 Å². The molecule has 0 aliphatic carbocycles. The van der Waals surface area contributed by atoms with Crippen molar-refractivity contribution in [1.29, 1.82) is 0 Å². The molecule has 0 fully saturated rings. The Bertz CT molecular complexity index is 1260. The van der Waals surface area contributed by atoms with Gasteiger partial charge in [0.15, 0.2) is 11.2 Å². The summed E-state index contributed by atoms with van der Waals surface area (Å²) in [7, 11) is 0. The maximum absolute atomic E-state index is 12.2. The normalized spacial score (nSPS) is 10.8. The van der Waals surface area contributed by atoms with Crippen LogP contribution in [0.25, 0.3) is 33.7 Å². The lowest BCUT2D eigenvalue weighted by Gasteiger charge is -2.12. The Kier molecular flexibility index (Phi) is 5.12. The maximum Gasteiger partial charge on any atom is 0.322 e. The highest BCUT2D eigenvalue weighted by atomic mass is 16.5. The van der Waals surface area contributed by atoms with E-state index in [1.807, 2.05) is 49.4 Å². The number of benzene rings is 2. The zero-order chi connectivity index (χ0) is 21.1. The molecule has 0 atom stereocenters. The number of carboxylic acid groups (broad SMARTS) is 1. The molecule has 2 heterocycles. The molecule has 30 heavy (non-hydrogen) atoms. The first-order valence-electron chi connectivity index (χ1n) is 9.19. The zero-order valence-electron chi connectivity index (χ0n) is 16.0. The second kappa shape index (κ2) is 8.03. The van der Waals surface area contributed by atoms with Crippen molar-refractivity contribution in [2.75, 3.05) is 18.5 Å². The van der Waals surface area contributed by atoms with Crippen LogP contribution in [0.15, 0.2) is 47.3 Å². The van der Waals surface area contributed by atoms with Gasteiger partial charge in [0, 0.05) is 5.69 Å². The summed E-state index contributed by atoms with van der Waals surface area (Å²) in [5.41, 5.74) is 3.23. The van der Waals surface area contributed by atoms with E-state index in [4.69, 9.17) is 9.84 Å². The van der Waals surface area contributed by atoms with Crippen LogP contribution >= 0.6 is 0 Å². The molecular weight excluding hydrogens is 388 g/mol. The van der Waals surface area contributed by atoms with Gasteiger partial charge in [0.25, 0.3) is 5.56 Å². The zero-order valence-corrected chi connectivity index (χ0v) is 16.0. The number of nitrogens with one attached hydrogen (secondary N) is 3. The van der Waals surface area contributed by atoms with E-state index >= 15 is 0 Å². The van der Waals surface area contributed by atoms with Crippen molar-refractivity contribution in [3.8, 4) is 28.3 Å². The summed E-state index contributed by atoms with van der Waals surface area (Å²) in [5, 5.41) is 21.5. The van der Waals surface area contributed by atoms with E-state index in [1.165, 1.54) is 0 Å². The van der Waals surface area contributed by atoms with Gasteiger partial charge in [-0.15, -0.1) is 5.10 Å². The fourth-order valence-corrected chi connectivity index (χ4v) is 3.02. The number of ether oxygens (including phenoxy) is 1. The predicted octanol–water partition coefficient (Wildman–Crippen LogP) is 2.27. The first-order valence-corrected chi connectivity index (χ1v) is 9.19. The van der Waals surface area contributed by atoms with Crippen LogP contribution in [0.3, 0.4) is 0 Å². The second-order valence-corrected chi connectivity index (χ2v) is 6.39. The molecule has 4 aromatic rings. The van der Waals surface area contributed by atoms with E-state index in [0.29, 0.717) is 35.1 Å². The van der Waals surface area contributed by atoms with Gasteiger partial charge in [-0.05, 0) is 42.3 Å². The Balaban J connectivity index is 1.69. The Morgan fingerprint density at radius 3 is 2.67 bits per heavy atom. The number of rotatable bonds is 7. The fourth-order valence-electron chi connectivity index (χ4n) is 3.02. The van der Waals surface area contributed by atoms with Crippen LogP contribution in [-0.4, -0.2) is 49.6 Å². The summed E-state index contributed by atoms with van der Waals surface area (Å²) >= 11 is 0. The molecule has 10 nitrogen and oxygen atoms in total. The summed E-state index contributed by atoms with van der Waals surface area (Å²) in [6.45, 7) is 2.16. The van der Waals surface area contributed by atoms with Crippen LogP contribution in [0, 0.1) is 0 Å². The fraction of sp³-hybridized carbons (Fsp3) is 0.150. The number of nitrogens with zero attached hydrogens (tertiary/aromatic N) is 3. The van der Waals surface area contributed by atoms with Gasteiger partial charge in [-0.3, -0.25) is 9.59 Å². The molecule has 2 aromatic carbocycles. The highest BCUT2D eigenvalue weighted by molar-refractivity contribution is 5.77. The van der Waals surface area contributed by atoms with Crippen LogP contribution in [0.4, 0.5) is 5.69 Å². The number of aromatic nitrogens is 5. The van der Waals surface area contributed by atoms with Crippen molar-refractivity contribution in [1.82, 2.24) is 25.4 Å². The van der Waals surface area contributed by atoms with Gasteiger partial charge < -0.3 is 20.1 Å². The molecule has 0 saturated heterocycles. The smallest absolute Gasteiger partial charge is 0.322 e. The second-order valence-electron chi connectivity index (χ2n) is 6.39. The molecule has 0 bridgehead atoms. The molecule has 0 aliphatic heterocycles. The first kappa shape index (κ1) is 19.1. The van der Waals surface area contributed by atoms with Crippen LogP contribution in [0.1, 0.15) is 6.92 Å². The average Bonchev–Trinajstić information content (AvgIpc) is 3.22. The lowest BCUT2D eigenvalue weighted by atomic mass is 10.0. The standard InChI is InChI=1S/C20H18N6O4/c1-2-30-15-9-12(11-3-6-13(7-4-11)21-10-16(27)28)5-8-14(15)18-22-19-17(20(29)23-18)24-26-25-19/h3-9,21H,2,10H2,1H3,(H,27,28)(H2,22,23,24,25,26,29).